The van der Waals surface area contributed by atoms with Crippen molar-refractivity contribution >= 4 is 55.7 Å². The number of fused-ring (bicyclic) bond motifs is 1. The van der Waals surface area contributed by atoms with Crippen LogP contribution in [0.25, 0.3) is 6.08 Å². The molecule has 1 N–H and O–H groups in total. The highest BCUT2D eigenvalue weighted by atomic mass is 79.9. The van der Waals surface area contributed by atoms with Gasteiger partial charge in [0.15, 0.2) is 17.3 Å². The van der Waals surface area contributed by atoms with Crippen molar-refractivity contribution in [1.82, 2.24) is 5.01 Å². The highest BCUT2D eigenvalue weighted by Gasteiger charge is 2.35. The summed E-state index contributed by atoms with van der Waals surface area (Å²) in [7, 11) is 0. The van der Waals surface area contributed by atoms with Gasteiger partial charge in [0.1, 0.15) is 24.0 Å². The van der Waals surface area contributed by atoms with Crippen molar-refractivity contribution in [2.45, 2.75) is 46.5 Å². The zero-order valence-electron chi connectivity index (χ0n) is 22.1. The molecule has 2 aliphatic rings. The Bertz CT molecular complexity index is 1330. The number of hydrogen-bond donors (Lipinski definition) is 1. The average molecular weight is 600 g/mol. The van der Waals surface area contributed by atoms with Crippen LogP contribution in [-0.4, -0.2) is 46.8 Å². The summed E-state index contributed by atoms with van der Waals surface area (Å²) in [6.45, 7) is 11.5. The van der Waals surface area contributed by atoms with Crippen molar-refractivity contribution in [2.75, 3.05) is 19.8 Å². The largest absolute Gasteiger partial charge is 0.490 e. The molecule has 0 saturated carbocycles. The van der Waals surface area contributed by atoms with Crippen LogP contribution in [0.2, 0.25) is 0 Å². The number of hydrazone groups is 1. The van der Waals surface area contributed by atoms with Gasteiger partial charge >= 0.3 is 0 Å². The first-order valence-electron chi connectivity index (χ1n) is 12.4. The predicted octanol–water partition coefficient (Wildman–Crippen LogP) is 6.63. The topological polar surface area (TPSA) is 96.6 Å². The van der Waals surface area contributed by atoms with E-state index < -0.39 is 5.91 Å². The summed E-state index contributed by atoms with van der Waals surface area (Å²) in [5.41, 5.74) is 2.16. The number of amidine groups is 2. The van der Waals surface area contributed by atoms with Crippen LogP contribution in [0.4, 0.5) is 0 Å². The van der Waals surface area contributed by atoms with Crippen LogP contribution in [0.15, 0.2) is 56.5 Å². The number of hydrogen-bond acceptors (Lipinski definition) is 7. The molecule has 0 fully saturated rings. The van der Waals surface area contributed by atoms with Gasteiger partial charge in [-0.25, -0.2) is 0 Å². The lowest BCUT2D eigenvalue weighted by molar-refractivity contribution is -0.114. The molecule has 10 heteroatoms. The summed E-state index contributed by atoms with van der Waals surface area (Å²) in [6.07, 6.45) is 2.33. The molecule has 8 nitrogen and oxygen atoms in total. The summed E-state index contributed by atoms with van der Waals surface area (Å²) in [4.78, 5) is 16.8. The Hall–Kier alpha value is -3.11. The molecule has 0 atom stereocenters. The number of thioether (sulfide) groups is 1. The minimum Gasteiger partial charge on any atom is -0.490 e. The molecule has 2 heterocycles. The second-order valence-corrected chi connectivity index (χ2v) is 11.5. The van der Waals surface area contributed by atoms with Crippen LogP contribution >= 0.6 is 27.7 Å². The third-order valence-electron chi connectivity index (χ3n) is 5.76. The van der Waals surface area contributed by atoms with Crippen molar-refractivity contribution in [3.8, 4) is 17.2 Å². The minimum absolute atomic E-state index is 0.00181. The molecule has 2 aromatic carbocycles. The monoisotopic (exact) mass is 598 g/mol. The van der Waals surface area contributed by atoms with E-state index in [4.69, 9.17) is 19.6 Å². The maximum Gasteiger partial charge on any atom is 0.283 e. The molecule has 0 radical (unpaired) electrons. The quantitative estimate of drug-likeness (QED) is 0.257. The van der Waals surface area contributed by atoms with Gasteiger partial charge in [-0.05, 0) is 87.9 Å². The molecular formula is C28H31BrN4O4S. The molecule has 38 heavy (non-hydrogen) atoms. The zero-order chi connectivity index (χ0) is 27.4. The molecule has 0 saturated heterocycles. The van der Waals surface area contributed by atoms with Crippen LogP contribution in [-0.2, 0) is 10.2 Å². The summed E-state index contributed by atoms with van der Waals surface area (Å²) < 4.78 is 18.4. The molecule has 4 rings (SSSR count). The van der Waals surface area contributed by atoms with Gasteiger partial charge in [0.25, 0.3) is 5.91 Å². The third kappa shape index (κ3) is 6.30. The predicted molar refractivity (Wildman–Crippen MR) is 157 cm³/mol. The van der Waals surface area contributed by atoms with E-state index in [0.717, 1.165) is 10.8 Å². The average Bonchev–Trinajstić information content (AvgIpc) is 3.29. The van der Waals surface area contributed by atoms with Crippen LogP contribution in [0.5, 0.6) is 17.2 Å². The molecule has 0 bridgehead atoms. The molecule has 200 valence electrons. The molecule has 0 unspecified atom stereocenters. The number of nitrogens with zero attached hydrogens (tertiary/aromatic N) is 3. The second kappa shape index (κ2) is 11.7. The Balaban J connectivity index is 1.46. The Morgan fingerprint density at radius 2 is 1.79 bits per heavy atom. The Labute approximate surface area is 235 Å². The third-order valence-corrected chi connectivity index (χ3v) is 7.40. The lowest BCUT2D eigenvalue weighted by atomic mass is 9.87. The van der Waals surface area contributed by atoms with E-state index in [-0.39, 0.29) is 16.8 Å². The molecule has 0 aromatic heterocycles. The lowest BCUT2D eigenvalue weighted by Crippen LogP contribution is -2.35. The van der Waals surface area contributed by atoms with Crippen LogP contribution in [0.1, 0.15) is 52.2 Å². The number of halogens is 1. The van der Waals surface area contributed by atoms with E-state index in [0.29, 0.717) is 52.9 Å². The maximum atomic E-state index is 12.7. The molecule has 0 aliphatic carbocycles. The van der Waals surface area contributed by atoms with Gasteiger partial charge in [0.05, 0.1) is 16.7 Å². The van der Waals surface area contributed by atoms with Crippen molar-refractivity contribution < 1.29 is 19.0 Å². The number of carbonyl (C=O) groups is 1. The van der Waals surface area contributed by atoms with Gasteiger partial charge in [0.2, 0.25) is 5.17 Å². The lowest BCUT2D eigenvalue weighted by Gasteiger charge is -2.20. The highest BCUT2D eigenvalue weighted by Crippen LogP contribution is 2.38. The van der Waals surface area contributed by atoms with Crippen molar-refractivity contribution in [2.24, 2.45) is 10.1 Å². The smallest absolute Gasteiger partial charge is 0.283 e. The molecular weight excluding hydrogens is 568 g/mol. The fourth-order valence-corrected chi connectivity index (χ4v) is 5.17. The van der Waals surface area contributed by atoms with E-state index in [1.165, 1.54) is 22.3 Å². The Kier molecular flexibility index (Phi) is 8.62. The Morgan fingerprint density at radius 3 is 2.45 bits per heavy atom. The van der Waals surface area contributed by atoms with Gasteiger partial charge in [-0.1, -0.05) is 39.8 Å². The number of carbonyl (C=O) groups excluding carboxylic acids is 1. The van der Waals surface area contributed by atoms with Crippen LogP contribution in [0, 0.1) is 5.41 Å². The van der Waals surface area contributed by atoms with Gasteiger partial charge in [0, 0.05) is 0 Å². The van der Waals surface area contributed by atoms with Gasteiger partial charge in [-0.15, -0.1) is 0 Å². The molecule has 2 aliphatic heterocycles. The van der Waals surface area contributed by atoms with Crippen molar-refractivity contribution in [3.05, 3.63) is 57.6 Å². The van der Waals surface area contributed by atoms with E-state index in [2.05, 4.69) is 58.9 Å². The van der Waals surface area contributed by atoms with Crippen LogP contribution < -0.4 is 14.2 Å². The van der Waals surface area contributed by atoms with Gasteiger partial charge in [-0.3, -0.25) is 10.2 Å². The van der Waals surface area contributed by atoms with Crippen LogP contribution in [0.3, 0.4) is 0 Å². The second-order valence-electron chi connectivity index (χ2n) is 9.60. The van der Waals surface area contributed by atoms with Crippen molar-refractivity contribution in [1.29, 1.82) is 5.41 Å². The summed E-state index contributed by atoms with van der Waals surface area (Å²) in [6, 6.07) is 11.7. The summed E-state index contributed by atoms with van der Waals surface area (Å²) >= 11 is 4.89. The van der Waals surface area contributed by atoms with Gasteiger partial charge in [-0.2, -0.15) is 15.1 Å². The maximum absolute atomic E-state index is 12.7. The fourth-order valence-electron chi connectivity index (χ4n) is 3.77. The number of ether oxygens (including phenoxy) is 3. The first-order valence-corrected chi connectivity index (χ1v) is 14.0. The van der Waals surface area contributed by atoms with Gasteiger partial charge < -0.3 is 14.2 Å². The number of nitrogens with one attached hydrogen (secondary N) is 1. The SMILES string of the molecule is CCOc1cc(/C=C2\C(=N)N3N=C(CC)SC3=NC2=O)cc(Br)c1OCCOc1ccc(C(C)(C)C)cc1. The number of aliphatic imine (C=N–C) groups is 1. The van der Waals surface area contributed by atoms with E-state index in [9.17, 15) is 4.79 Å². The van der Waals surface area contributed by atoms with Crippen molar-refractivity contribution in [3.63, 3.8) is 0 Å². The van der Waals surface area contributed by atoms with E-state index >= 15 is 0 Å². The minimum atomic E-state index is -0.469. The number of rotatable bonds is 9. The van der Waals surface area contributed by atoms with E-state index in [1.54, 1.807) is 12.1 Å². The number of amides is 1. The molecule has 1 amide bonds. The number of benzene rings is 2. The zero-order valence-corrected chi connectivity index (χ0v) is 24.5. The normalized spacial score (nSPS) is 16.4. The summed E-state index contributed by atoms with van der Waals surface area (Å²) in [5.74, 6) is 1.37. The first kappa shape index (κ1) is 27.9. The standard InChI is InChI=1S/C28H31BrN4O4S/c1-6-23-32-33-25(30)20(26(34)31-27(33)38-23)14-17-15-21(29)24(22(16-17)35-7-2)37-13-12-36-19-10-8-18(9-11-19)28(3,4)5/h8-11,14-16,30H,6-7,12-13H2,1-5H3/b20-14+,30-25?. The first-order chi connectivity index (χ1) is 18.1. The Morgan fingerprint density at radius 1 is 1.08 bits per heavy atom. The van der Waals surface area contributed by atoms with E-state index in [1.807, 2.05) is 32.0 Å². The molecule has 2 aromatic rings. The molecule has 0 spiro atoms. The fraction of sp³-hybridized carbons (Fsp3) is 0.357. The summed E-state index contributed by atoms with van der Waals surface area (Å²) in [5, 5.41) is 15.6. The highest BCUT2D eigenvalue weighted by molar-refractivity contribution is 9.10.